The number of aromatic nitrogens is 1. The van der Waals surface area contributed by atoms with Gasteiger partial charge in [-0.2, -0.15) is 0 Å². The molecule has 0 radical (unpaired) electrons. The van der Waals surface area contributed by atoms with Crippen LogP contribution in [0, 0.1) is 0 Å². The number of fused-ring (bicyclic) bond motifs is 1. The van der Waals surface area contributed by atoms with E-state index < -0.39 is 0 Å². The van der Waals surface area contributed by atoms with Crippen LogP contribution in [0.1, 0.15) is 18.4 Å². The van der Waals surface area contributed by atoms with Gasteiger partial charge in [0.25, 0.3) is 5.19 Å². The summed E-state index contributed by atoms with van der Waals surface area (Å²) in [5.74, 6) is 0.909. The first kappa shape index (κ1) is 19.0. The Bertz CT molecular complexity index is 983. The first-order chi connectivity index (χ1) is 13.6. The molecule has 0 spiro atoms. The summed E-state index contributed by atoms with van der Waals surface area (Å²) in [5, 5.41) is 1.28. The fraction of sp³-hybridized carbons (Fsp3) is 0.333. The minimum Gasteiger partial charge on any atom is -0.497 e. The highest BCUT2D eigenvalue weighted by Crippen LogP contribution is 2.33. The first-order valence-electron chi connectivity index (χ1n) is 9.25. The van der Waals surface area contributed by atoms with Gasteiger partial charge in [-0.15, -0.1) is 0 Å². The molecule has 4 rings (SSSR count). The highest BCUT2D eigenvalue weighted by molar-refractivity contribution is 7.20. The zero-order valence-corrected chi connectivity index (χ0v) is 17.1. The SMILES string of the molecule is COc1cccc(CC(=O)N2CCC(Oc3nc4c(Cl)cccc4s3)CC2)c1. The molecule has 7 heteroatoms. The third-order valence-electron chi connectivity index (χ3n) is 4.90. The summed E-state index contributed by atoms with van der Waals surface area (Å²) < 4.78 is 12.3. The topological polar surface area (TPSA) is 51.7 Å². The average Bonchev–Trinajstić information content (AvgIpc) is 3.12. The Kier molecular flexibility index (Phi) is 5.69. The molecule has 146 valence electrons. The molecule has 1 fully saturated rings. The Balaban J connectivity index is 1.32. The predicted octanol–water partition coefficient (Wildman–Crippen LogP) is 4.57. The van der Waals surface area contributed by atoms with Crippen LogP contribution in [-0.2, 0) is 11.2 Å². The van der Waals surface area contributed by atoms with Crippen LogP contribution in [0.5, 0.6) is 10.9 Å². The largest absolute Gasteiger partial charge is 0.497 e. The summed E-state index contributed by atoms with van der Waals surface area (Å²) >= 11 is 7.70. The number of thiazole rings is 1. The number of rotatable bonds is 5. The van der Waals surface area contributed by atoms with Crippen molar-refractivity contribution in [2.75, 3.05) is 20.2 Å². The van der Waals surface area contributed by atoms with Crippen LogP contribution in [0.3, 0.4) is 0 Å². The minimum atomic E-state index is 0.0696. The standard InChI is InChI=1S/C21H21ClN2O3S/c1-26-16-5-2-4-14(12-16)13-19(25)24-10-8-15(9-11-24)27-21-23-20-17(22)6-3-7-18(20)28-21/h2-7,12,15H,8-11,13H2,1H3. The van der Waals surface area contributed by atoms with Gasteiger partial charge >= 0.3 is 0 Å². The van der Waals surface area contributed by atoms with E-state index >= 15 is 0 Å². The van der Waals surface area contributed by atoms with Gasteiger partial charge in [-0.05, 0) is 29.8 Å². The van der Waals surface area contributed by atoms with Gasteiger partial charge in [-0.25, -0.2) is 4.98 Å². The molecule has 5 nitrogen and oxygen atoms in total. The van der Waals surface area contributed by atoms with Crippen LogP contribution in [0.4, 0.5) is 0 Å². The molecule has 1 saturated heterocycles. The number of likely N-dealkylation sites (tertiary alicyclic amines) is 1. The maximum atomic E-state index is 12.6. The Hall–Kier alpha value is -2.31. The van der Waals surface area contributed by atoms with Crippen LogP contribution < -0.4 is 9.47 Å². The Morgan fingerprint density at radius 1 is 1.25 bits per heavy atom. The number of methoxy groups -OCH3 is 1. The number of amides is 1. The highest BCUT2D eigenvalue weighted by Gasteiger charge is 2.25. The van der Waals surface area contributed by atoms with E-state index in [1.165, 1.54) is 11.3 Å². The van der Waals surface area contributed by atoms with Crippen molar-refractivity contribution in [3.63, 3.8) is 0 Å². The summed E-state index contributed by atoms with van der Waals surface area (Å²) in [6, 6.07) is 13.4. The third kappa shape index (κ3) is 4.23. The van der Waals surface area contributed by atoms with Gasteiger partial charge in [0.15, 0.2) is 0 Å². The summed E-state index contributed by atoms with van der Waals surface area (Å²) in [4.78, 5) is 19.0. The number of hydrogen-bond donors (Lipinski definition) is 0. The third-order valence-corrected chi connectivity index (χ3v) is 6.12. The van der Waals surface area contributed by atoms with Gasteiger partial charge in [0.05, 0.1) is 23.3 Å². The van der Waals surface area contributed by atoms with E-state index in [1.807, 2.05) is 47.4 Å². The molecular formula is C21H21ClN2O3S. The second kappa shape index (κ2) is 8.37. The molecular weight excluding hydrogens is 396 g/mol. The van der Waals surface area contributed by atoms with Gasteiger partial charge in [0, 0.05) is 25.9 Å². The molecule has 0 aliphatic carbocycles. The van der Waals surface area contributed by atoms with E-state index in [2.05, 4.69) is 4.98 Å². The van der Waals surface area contributed by atoms with Crippen LogP contribution in [0.25, 0.3) is 10.2 Å². The highest BCUT2D eigenvalue weighted by atomic mass is 35.5. The zero-order valence-electron chi connectivity index (χ0n) is 15.6. The summed E-state index contributed by atoms with van der Waals surface area (Å²) in [6.45, 7) is 1.39. The van der Waals surface area contributed by atoms with E-state index in [0.717, 1.165) is 34.4 Å². The lowest BCUT2D eigenvalue weighted by Gasteiger charge is -2.31. The number of carbonyl (C=O) groups excluding carboxylic acids is 1. The zero-order chi connectivity index (χ0) is 19.5. The molecule has 0 saturated carbocycles. The van der Waals surface area contributed by atoms with Crippen molar-refractivity contribution < 1.29 is 14.3 Å². The molecule has 1 aliphatic heterocycles. The van der Waals surface area contributed by atoms with Crippen molar-refractivity contribution in [1.29, 1.82) is 0 Å². The second-order valence-corrected chi connectivity index (χ2v) is 8.19. The van der Waals surface area contributed by atoms with Crippen molar-refractivity contribution in [3.05, 3.63) is 53.1 Å². The van der Waals surface area contributed by atoms with Gasteiger partial charge in [-0.1, -0.05) is 41.1 Å². The number of para-hydroxylation sites is 1. The van der Waals surface area contributed by atoms with E-state index in [0.29, 0.717) is 29.7 Å². The maximum Gasteiger partial charge on any atom is 0.274 e. The van der Waals surface area contributed by atoms with Crippen molar-refractivity contribution >= 4 is 39.1 Å². The summed E-state index contributed by atoms with van der Waals surface area (Å²) in [7, 11) is 1.63. The van der Waals surface area contributed by atoms with Gasteiger partial charge in [0.1, 0.15) is 17.4 Å². The number of benzene rings is 2. The lowest BCUT2D eigenvalue weighted by molar-refractivity contribution is -0.132. The van der Waals surface area contributed by atoms with Crippen molar-refractivity contribution in [2.24, 2.45) is 0 Å². The minimum absolute atomic E-state index is 0.0696. The van der Waals surface area contributed by atoms with Crippen molar-refractivity contribution in [2.45, 2.75) is 25.4 Å². The molecule has 0 unspecified atom stereocenters. The summed E-state index contributed by atoms with van der Waals surface area (Å²) in [6.07, 6.45) is 2.06. The maximum absolute atomic E-state index is 12.6. The number of piperidine rings is 1. The second-order valence-electron chi connectivity index (χ2n) is 6.79. The number of ether oxygens (including phenoxy) is 2. The molecule has 1 amide bonds. The Morgan fingerprint density at radius 2 is 2.04 bits per heavy atom. The number of carbonyl (C=O) groups is 1. The molecule has 2 aromatic carbocycles. The molecule has 2 heterocycles. The fourth-order valence-electron chi connectivity index (χ4n) is 3.38. The number of hydrogen-bond acceptors (Lipinski definition) is 5. The van der Waals surface area contributed by atoms with E-state index in [-0.39, 0.29) is 12.0 Å². The fourth-order valence-corrected chi connectivity index (χ4v) is 4.56. The number of nitrogens with zero attached hydrogens (tertiary/aromatic N) is 2. The normalized spacial score (nSPS) is 15.0. The molecule has 28 heavy (non-hydrogen) atoms. The molecule has 0 atom stereocenters. The van der Waals surface area contributed by atoms with Crippen LogP contribution in [0.15, 0.2) is 42.5 Å². The van der Waals surface area contributed by atoms with Crippen molar-refractivity contribution in [3.8, 4) is 10.9 Å². The monoisotopic (exact) mass is 416 g/mol. The smallest absolute Gasteiger partial charge is 0.274 e. The molecule has 1 aliphatic rings. The van der Waals surface area contributed by atoms with Crippen molar-refractivity contribution in [1.82, 2.24) is 9.88 Å². The summed E-state index contributed by atoms with van der Waals surface area (Å²) in [5.41, 5.74) is 1.75. The Labute approximate surface area is 172 Å². The molecule has 0 N–H and O–H groups in total. The predicted molar refractivity (Wildman–Crippen MR) is 112 cm³/mol. The quantitative estimate of drug-likeness (QED) is 0.611. The van der Waals surface area contributed by atoms with Crippen LogP contribution >= 0.6 is 22.9 Å². The van der Waals surface area contributed by atoms with E-state index in [4.69, 9.17) is 21.1 Å². The lowest BCUT2D eigenvalue weighted by Crippen LogP contribution is -2.42. The van der Waals surface area contributed by atoms with E-state index in [9.17, 15) is 4.79 Å². The molecule has 0 bridgehead atoms. The van der Waals surface area contributed by atoms with E-state index in [1.54, 1.807) is 7.11 Å². The van der Waals surface area contributed by atoms with Gasteiger partial charge in [0.2, 0.25) is 5.91 Å². The average molecular weight is 417 g/mol. The first-order valence-corrected chi connectivity index (χ1v) is 10.4. The molecule has 3 aromatic rings. The van der Waals surface area contributed by atoms with Crippen LogP contribution in [-0.4, -0.2) is 42.1 Å². The Morgan fingerprint density at radius 3 is 2.79 bits per heavy atom. The van der Waals surface area contributed by atoms with Gasteiger partial charge in [-0.3, -0.25) is 4.79 Å². The lowest BCUT2D eigenvalue weighted by atomic mass is 10.1. The number of halogens is 1. The van der Waals surface area contributed by atoms with Crippen LogP contribution in [0.2, 0.25) is 5.02 Å². The van der Waals surface area contributed by atoms with Gasteiger partial charge < -0.3 is 14.4 Å². The molecule has 1 aromatic heterocycles.